The molecule has 1 aliphatic carbocycles. The van der Waals surface area contributed by atoms with Gasteiger partial charge in [0.25, 0.3) is 0 Å². The van der Waals surface area contributed by atoms with Gasteiger partial charge < -0.3 is 10.6 Å². The molecule has 1 saturated carbocycles. The lowest BCUT2D eigenvalue weighted by Gasteiger charge is -2.28. The second kappa shape index (κ2) is 6.03. The first kappa shape index (κ1) is 13.1. The van der Waals surface area contributed by atoms with Gasteiger partial charge in [0.05, 0.1) is 0 Å². The Hall–Kier alpha value is -1.32. The predicted molar refractivity (Wildman–Crippen MR) is 76.0 cm³/mol. The van der Waals surface area contributed by atoms with E-state index in [1.165, 1.54) is 25.7 Å². The van der Waals surface area contributed by atoms with E-state index in [0.717, 1.165) is 29.7 Å². The van der Waals surface area contributed by atoms with Crippen LogP contribution >= 0.6 is 0 Å². The molecule has 0 radical (unpaired) electrons. The molecule has 100 valence electrons. The number of rotatable bonds is 4. The smallest absolute Gasteiger partial charge is 0.134 e. The topological polar surface area (TPSA) is 49.8 Å². The van der Waals surface area contributed by atoms with Gasteiger partial charge in [0, 0.05) is 18.2 Å². The van der Waals surface area contributed by atoms with E-state index in [1.54, 1.807) is 6.33 Å². The predicted octanol–water partition coefficient (Wildman–Crippen LogP) is 3.21. The third kappa shape index (κ3) is 3.12. The summed E-state index contributed by atoms with van der Waals surface area (Å²) in [6, 6.07) is 0.567. The maximum Gasteiger partial charge on any atom is 0.134 e. The Morgan fingerprint density at radius 3 is 2.78 bits per heavy atom. The highest BCUT2D eigenvalue weighted by Gasteiger charge is 2.19. The molecule has 4 nitrogen and oxygen atoms in total. The zero-order valence-corrected chi connectivity index (χ0v) is 11.7. The summed E-state index contributed by atoms with van der Waals surface area (Å²) in [7, 11) is 0. The summed E-state index contributed by atoms with van der Waals surface area (Å²) in [6.45, 7) is 7.38. The summed E-state index contributed by atoms with van der Waals surface area (Å²) in [5.74, 6) is 2.76. The zero-order chi connectivity index (χ0) is 13.0. The first-order valence-corrected chi connectivity index (χ1v) is 7.02. The van der Waals surface area contributed by atoms with E-state index in [9.17, 15) is 0 Å². The fourth-order valence-corrected chi connectivity index (χ4v) is 2.70. The summed E-state index contributed by atoms with van der Waals surface area (Å²) < 4.78 is 0. The fourth-order valence-electron chi connectivity index (χ4n) is 2.70. The highest BCUT2D eigenvalue weighted by molar-refractivity contribution is 5.56. The van der Waals surface area contributed by atoms with Crippen LogP contribution in [0, 0.1) is 12.8 Å². The van der Waals surface area contributed by atoms with Crippen LogP contribution in [0.25, 0.3) is 0 Å². The summed E-state index contributed by atoms with van der Waals surface area (Å²) in [5, 5.41) is 6.86. The first-order valence-electron chi connectivity index (χ1n) is 7.02. The highest BCUT2D eigenvalue weighted by atomic mass is 15.1. The zero-order valence-electron chi connectivity index (χ0n) is 11.7. The number of hydrogen-bond acceptors (Lipinski definition) is 4. The molecular weight excluding hydrogens is 224 g/mol. The average Bonchev–Trinajstić information content (AvgIpc) is 2.35. The Bertz CT molecular complexity index is 391. The molecule has 0 saturated heterocycles. The minimum absolute atomic E-state index is 0.567. The van der Waals surface area contributed by atoms with Gasteiger partial charge in [0.2, 0.25) is 0 Å². The summed E-state index contributed by atoms with van der Waals surface area (Å²) in [6.07, 6.45) is 6.83. The van der Waals surface area contributed by atoms with E-state index in [1.807, 2.05) is 0 Å². The lowest BCUT2D eigenvalue weighted by molar-refractivity contribution is 0.358. The van der Waals surface area contributed by atoms with Crippen LogP contribution < -0.4 is 10.6 Å². The molecule has 0 aromatic carbocycles. The molecule has 4 heteroatoms. The monoisotopic (exact) mass is 248 g/mol. The maximum atomic E-state index is 4.38. The van der Waals surface area contributed by atoms with Gasteiger partial charge in [-0.3, -0.25) is 0 Å². The molecule has 2 unspecified atom stereocenters. The molecule has 18 heavy (non-hydrogen) atoms. The molecule has 1 aliphatic rings. The molecule has 1 aromatic heterocycles. The Balaban J connectivity index is 2.06. The third-order valence-electron chi connectivity index (χ3n) is 3.71. The SMILES string of the molecule is CCNc1ncnc(NC2CCCC(C)C2)c1C. The van der Waals surface area contributed by atoms with Crippen LogP contribution in [0.4, 0.5) is 11.6 Å². The maximum absolute atomic E-state index is 4.38. The van der Waals surface area contributed by atoms with Gasteiger partial charge >= 0.3 is 0 Å². The van der Waals surface area contributed by atoms with Crippen molar-refractivity contribution in [2.75, 3.05) is 17.2 Å². The van der Waals surface area contributed by atoms with Crippen molar-refractivity contribution in [2.24, 2.45) is 5.92 Å². The minimum Gasteiger partial charge on any atom is -0.370 e. The van der Waals surface area contributed by atoms with E-state index in [2.05, 4.69) is 41.4 Å². The largest absolute Gasteiger partial charge is 0.370 e. The Morgan fingerprint density at radius 2 is 2.06 bits per heavy atom. The Kier molecular flexibility index (Phi) is 4.39. The molecule has 1 aromatic rings. The minimum atomic E-state index is 0.567. The van der Waals surface area contributed by atoms with E-state index in [4.69, 9.17) is 0 Å². The van der Waals surface area contributed by atoms with Crippen LogP contribution in [0.15, 0.2) is 6.33 Å². The standard InChI is InChI=1S/C14H24N4/c1-4-15-13-11(3)14(17-9-16-13)18-12-7-5-6-10(2)8-12/h9-10,12H,4-8H2,1-3H3,(H2,15,16,17,18). The van der Waals surface area contributed by atoms with Crippen molar-refractivity contribution in [3.63, 3.8) is 0 Å². The lowest BCUT2D eigenvalue weighted by Crippen LogP contribution is -2.27. The van der Waals surface area contributed by atoms with E-state index in [-0.39, 0.29) is 0 Å². The third-order valence-corrected chi connectivity index (χ3v) is 3.71. The normalized spacial score (nSPS) is 23.7. The van der Waals surface area contributed by atoms with Crippen molar-refractivity contribution >= 4 is 11.6 Å². The first-order chi connectivity index (χ1) is 8.70. The molecule has 2 atom stereocenters. The average molecular weight is 248 g/mol. The van der Waals surface area contributed by atoms with E-state index in [0.29, 0.717) is 6.04 Å². The van der Waals surface area contributed by atoms with Gasteiger partial charge in [-0.05, 0) is 32.6 Å². The highest BCUT2D eigenvalue weighted by Crippen LogP contribution is 2.27. The van der Waals surface area contributed by atoms with Crippen molar-refractivity contribution in [3.05, 3.63) is 11.9 Å². The molecule has 1 fully saturated rings. The van der Waals surface area contributed by atoms with Gasteiger partial charge in [-0.1, -0.05) is 19.8 Å². The van der Waals surface area contributed by atoms with Crippen molar-refractivity contribution in [2.45, 2.75) is 52.5 Å². The van der Waals surface area contributed by atoms with E-state index >= 15 is 0 Å². The van der Waals surface area contributed by atoms with Gasteiger partial charge in [-0.25, -0.2) is 9.97 Å². The van der Waals surface area contributed by atoms with Crippen LogP contribution in [0.3, 0.4) is 0 Å². The van der Waals surface area contributed by atoms with Gasteiger partial charge in [-0.2, -0.15) is 0 Å². The summed E-state index contributed by atoms with van der Waals surface area (Å²) in [4.78, 5) is 8.65. The molecular formula is C14H24N4. The van der Waals surface area contributed by atoms with Crippen molar-refractivity contribution in [1.29, 1.82) is 0 Å². The van der Waals surface area contributed by atoms with Gasteiger partial charge in [0.15, 0.2) is 0 Å². The van der Waals surface area contributed by atoms with Crippen LogP contribution in [0.1, 0.15) is 45.1 Å². The molecule has 0 spiro atoms. The van der Waals surface area contributed by atoms with Crippen LogP contribution in [-0.4, -0.2) is 22.6 Å². The molecule has 0 aliphatic heterocycles. The van der Waals surface area contributed by atoms with Crippen molar-refractivity contribution in [1.82, 2.24) is 9.97 Å². The number of aromatic nitrogens is 2. The lowest BCUT2D eigenvalue weighted by atomic mass is 9.87. The summed E-state index contributed by atoms with van der Waals surface area (Å²) in [5.41, 5.74) is 1.12. The Morgan fingerprint density at radius 1 is 1.28 bits per heavy atom. The number of nitrogens with one attached hydrogen (secondary N) is 2. The Labute approximate surface area is 110 Å². The molecule has 0 bridgehead atoms. The molecule has 2 N–H and O–H groups in total. The van der Waals surface area contributed by atoms with Crippen LogP contribution in [0.2, 0.25) is 0 Å². The second-order valence-corrected chi connectivity index (χ2v) is 5.34. The van der Waals surface area contributed by atoms with Crippen molar-refractivity contribution in [3.8, 4) is 0 Å². The summed E-state index contributed by atoms with van der Waals surface area (Å²) >= 11 is 0. The van der Waals surface area contributed by atoms with Crippen molar-refractivity contribution < 1.29 is 0 Å². The van der Waals surface area contributed by atoms with E-state index < -0.39 is 0 Å². The van der Waals surface area contributed by atoms with Gasteiger partial charge in [0.1, 0.15) is 18.0 Å². The number of hydrogen-bond donors (Lipinski definition) is 2. The second-order valence-electron chi connectivity index (χ2n) is 5.34. The molecule has 1 heterocycles. The number of anilines is 2. The van der Waals surface area contributed by atoms with Crippen LogP contribution in [-0.2, 0) is 0 Å². The molecule has 2 rings (SSSR count). The van der Waals surface area contributed by atoms with Gasteiger partial charge in [-0.15, -0.1) is 0 Å². The molecule has 0 amide bonds. The number of nitrogens with zero attached hydrogens (tertiary/aromatic N) is 2. The quantitative estimate of drug-likeness (QED) is 0.859. The fraction of sp³-hybridized carbons (Fsp3) is 0.714. The van der Waals surface area contributed by atoms with Crippen LogP contribution in [0.5, 0.6) is 0 Å².